The van der Waals surface area contributed by atoms with E-state index in [1.807, 2.05) is 24.0 Å². The zero-order chi connectivity index (χ0) is 18.8. The normalized spacial score (nSPS) is 18.9. The number of carbonyl (C=O) groups excluding carboxylic acids is 2. The summed E-state index contributed by atoms with van der Waals surface area (Å²) in [5.41, 5.74) is 1.35. The Morgan fingerprint density at radius 1 is 1.19 bits per heavy atom. The summed E-state index contributed by atoms with van der Waals surface area (Å²) >= 11 is 0. The quantitative estimate of drug-likeness (QED) is 0.802. The molecule has 1 saturated heterocycles. The van der Waals surface area contributed by atoms with Crippen molar-refractivity contribution >= 4 is 11.8 Å². The number of rotatable bonds is 5. The molecular formula is C18H23N7O2. The van der Waals surface area contributed by atoms with Crippen molar-refractivity contribution in [1.82, 2.24) is 35.3 Å². The average Bonchev–Trinajstić information content (AvgIpc) is 3.35. The van der Waals surface area contributed by atoms with Crippen molar-refractivity contribution in [2.24, 2.45) is 0 Å². The number of tetrazole rings is 1. The number of hydrogen-bond acceptors (Lipinski definition) is 6. The van der Waals surface area contributed by atoms with Gasteiger partial charge in [-0.15, -0.1) is 5.10 Å². The molecule has 2 fully saturated rings. The third kappa shape index (κ3) is 3.97. The summed E-state index contributed by atoms with van der Waals surface area (Å²) in [6.45, 7) is 4.53. The molecule has 4 rings (SSSR count). The molecule has 2 heterocycles. The van der Waals surface area contributed by atoms with Crippen LogP contribution in [0.5, 0.6) is 0 Å². The van der Waals surface area contributed by atoms with Gasteiger partial charge in [-0.1, -0.05) is 6.07 Å². The Morgan fingerprint density at radius 3 is 2.63 bits per heavy atom. The van der Waals surface area contributed by atoms with E-state index in [1.165, 1.54) is 11.0 Å². The number of nitrogens with zero attached hydrogens (tertiary/aromatic N) is 6. The van der Waals surface area contributed by atoms with Gasteiger partial charge in [0.1, 0.15) is 6.33 Å². The van der Waals surface area contributed by atoms with Crippen molar-refractivity contribution in [2.45, 2.75) is 31.8 Å². The van der Waals surface area contributed by atoms with Crippen molar-refractivity contribution < 1.29 is 9.59 Å². The van der Waals surface area contributed by atoms with Gasteiger partial charge in [-0.3, -0.25) is 14.5 Å². The summed E-state index contributed by atoms with van der Waals surface area (Å²) in [4.78, 5) is 29.1. The van der Waals surface area contributed by atoms with Gasteiger partial charge in [-0.2, -0.15) is 0 Å². The van der Waals surface area contributed by atoms with Crippen LogP contribution in [0.25, 0.3) is 5.69 Å². The van der Waals surface area contributed by atoms with Gasteiger partial charge in [-0.25, -0.2) is 4.68 Å². The molecule has 1 aromatic carbocycles. The summed E-state index contributed by atoms with van der Waals surface area (Å²) in [6, 6.07) is 7.47. The molecule has 1 N–H and O–H groups in total. The topological polar surface area (TPSA) is 96.2 Å². The van der Waals surface area contributed by atoms with Gasteiger partial charge in [0.25, 0.3) is 5.91 Å². The highest BCUT2D eigenvalue weighted by atomic mass is 16.2. The van der Waals surface area contributed by atoms with Gasteiger partial charge < -0.3 is 10.2 Å². The van der Waals surface area contributed by atoms with Gasteiger partial charge in [0.2, 0.25) is 5.91 Å². The SMILES string of the molecule is CC(C(=O)NC1CC1)N1CCN(C(=O)c2cccc(-n3cnnn3)c2)CC1. The van der Waals surface area contributed by atoms with Crippen LogP contribution in [-0.2, 0) is 4.79 Å². The summed E-state index contributed by atoms with van der Waals surface area (Å²) in [5, 5.41) is 14.2. The minimum atomic E-state index is -0.161. The van der Waals surface area contributed by atoms with Gasteiger partial charge in [0.05, 0.1) is 11.7 Å². The second-order valence-electron chi connectivity index (χ2n) is 7.09. The van der Waals surface area contributed by atoms with Gasteiger partial charge >= 0.3 is 0 Å². The summed E-state index contributed by atoms with van der Waals surface area (Å²) in [7, 11) is 0. The maximum Gasteiger partial charge on any atom is 0.254 e. The molecule has 0 spiro atoms. The molecule has 1 unspecified atom stereocenters. The number of carbonyl (C=O) groups is 2. The monoisotopic (exact) mass is 369 g/mol. The predicted molar refractivity (Wildman–Crippen MR) is 97.3 cm³/mol. The third-order valence-electron chi connectivity index (χ3n) is 5.16. The maximum atomic E-state index is 12.9. The van der Waals surface area contributed by atoms with Crippen LogP contribution in [0.4, 0.5) is 0 Å². The first kappa shape index (κ1) is 17.6. The fourth-order valence-electron chi connectivity index (χ4n) is 3.27. The second kappa shape index (κ2) is 7.43. The molecule has 0 bridgehead atoms. The molecule has 1 aliphatic carbocycles. The Bertz CT molecular complexity index is 811. The molecule has 2 aromatic rings. The molecule has 1 aliphatic heterocycles. The average molecular weight is 369 g/mol. The Labute approximate surface area is 157 Å². The van der Waals surface area contributed by atoms with E-state index >= 15 is 0 Å². The minimum Gasteiger partial charge on any atom is -0.352 e. The molecule has 27 heavy (non-hydrogen) atoms. The molecule has 142 valence electrons. The van der Waals surface area contributed by atoms with E-state index < -0.39 is 0 Å². The van der Waals surface area contributed by atoms with Crippen molar-refractivity contribution in [2.75, 3.05) is 26.2 Å². The highest BCUT2D eigenvalue weighted by Gasteiger charge is 2.31. The standard InChI is InChI=1S/C18H23N7O2/c1-13(17(26)20-15-5-6-15)23-7-9-24(10-8-23)18(27)14-3-2-4-16(11-14)25-12-19-21-22-25/h2-4,11-13,15H,5-10H2,1H3,(H,20,26). The molecule has 9 nitrogen and oxygen atoms in total. The summed E-state index contributed by atoms with van der Waals surface area (Å²) in [6.07, 6.45) is 3.67. The number of aromatic nitrogens is 4. The van der Waals surface area contributed by atoms with Gasteiger partial charge in [0, 0.05) is 37.8 Å². The van der Waals surface area contributed by atoms with E-state index in [4.69, 9.17) is 0 Å². The van der Waals surface area contributed by atoms with E-state index in [0.717, 1.165) is 18.5 Å². The number of piperazine rings is 1. The highest BCUT2D eigenvalue weighted by molar-refractivity contribution is 5.94. The van der Waals surface area contributed by atoms with Crippen molar-refractivity contribution in [1.29, 1.82) is 0 Å². The minimum absolute atomic E-state index is 0.0142. The number of benzene rings is 1. The molecule has 1 saturated carbocycles. The van der Waals surface area contributed by atoms with E-state index in [2.05, 4.69) is 25.7 Å². The lowest BCUT2D eigenvalue weighted by Gasteiger charge is -2.37. The lowest BCUT2D eigenvalue weighted by atomic mass is 10.1. The van der Waals surface area contributed by atoms with Crippen LogP contribution < -0.4 is 5.32 Å². The first-order chi connectivity index (χ1) is 13.1. The number of nitrogens with one attached hydrogen (secondary N) is 1. The van der Waals surface area contributed by atoms with Crippen LogP contribution in [0.2, 0.25) is 0 Å². The van der Waals surface area contributed by atoms with Crippen LogP contribution in [0.3, 0.4) is 0 Å². The number of hydrogen-bond donors (Lipinski definition) is 1. The Hall–Kier alpha value is -2.81. The molecule has 2 aliphatic rings. The lowest BCUT2D eigenvalue weighted by Crippen LogP contribution is -2.55. The summed E-state index contributed by atoms with van der Waals surface area (Å²) in [5.74, 6) is 0.0751. The van der Waals surface area contributed by atoms with Crippen molar-refractivity contribution in [3.8, 4) is 5.69 Å². The van der Waals surface area contributed by atoms with Crippen LogP contribution in [0.15, 0.2) is 30.6 Å². The van der Waals surface area contributed by atoms with Gasteiger partial charge in [-0.05, 0) is 48.4 Å². The van der Waals surface area contributed by atoms with Crippen LogP contribution in [0, 0.1) is 0 Å². The van der Waals surface area contributed by atoms with Crippen molar-refractivity contribution in [3.63, 3.8) is 0 Å². The highest BCUT2D eigenvalue weighted by Crippen LogP contribution is 2.19. The van der Waals surface area contributed by atoms with E-state index in [9.17, 15) is 9.59 Å². The molecule has 0 radical (unpaired) electrons. The molecule has 1 aromatic heterocycles. The first-order valence-electron chi connectivity index (χ1n) is 9.29. The van der Waals surface area contributed by atoms with Crippen LogP contribution in [0.1, 0.15) is 30.1 Å². The molecular weight excluding hydrogens is 346 g/mol. The second-order valence-corrected chi connectivity index (χ2v) is 7.09. The predicted octanol–water partition coefficient (Wildman–Crippen LogP) is 0.0872. The fraction of sp³-hybridized carbons (Fsp3) is 0.500. The maximum absolute atomic E-state index is 12.9. The van der Waals surface area contributed by atoms with E-state index in [1.54, 1.807) is 12.1 Å². The largest absolute Gasteiger partial charge is 0.352 e. The first-order valence-corrected chi connectivity index (χ1v) is 9.29. The summed E-state index contributed by atoms with van der Waals surface area (Å²) < 4.78 is 1.52. The van der Waals surface area contributed by atoms with Crippen LogP contribution in [-0.4, -0.2) is 80.1 Å². The van der Waals surface area contributed by atoms with Crippen molar-refractivity contribution in [3.05, 3.63) is 36.2 Å². The van der Waals surface area contributed by atoms with Gasteiger partial charge in [0.15, 0.2) is 0 Å². The molecule has 2 amide bonds. The van der Waals surface area contributed by atoms with Crippen LogP contribution >= 0.6 is 0 Å². The Balaban J connectivity index is 1.36. The van der Waals surface area contributed by atoms with E-state index in [-0.39, 0.29) is 17.9 Å². The molecule has 1 atom stereocenters. The lowest BCUT2D eigenvalue weighted by molar-refractivity contribution is -0.126. The molecule has 9 heteroatoms. The third-order valence-corrected chi connectivity index (χ3v) is 5.16. The Kier molecular flexibility index (Phi) is 4.85. The number of amides is 2. The smallest absolute Gasteiger partial charge is 0.254 e. The Morgan fingerprint density at radius 2 is 1.96 bits per heavy atom. The zero-order valence-electron chi connectivity index (χ0n) is 15.3. The van der Waals surface area contributed by atoms with E-state index in [0.29, 0.717) is 37.8 Å². The zero-order valence-corrected chi connectivity index (χ0v) is 15.3. The fourth-order valence-corrected chi connectivity index (χ4v) is 3.27.